The van der Waals surface area contributed by atoms with E-state index in [0.717, 1.165) is 5.39 Å². The minimum absolute atomic E-state index is 0.0877. The fourth-order valence-electron chi connectivity index (χ4n) is 1.65. The number of carbonyl (C=O) groups excluding carboxylic acids is 1. The van der Waals surface area contributed by atoms with E-state index in [1.165, 1.54) is 0 Å². The molecule has 0 aliphatic carbocycles. The average molecular weight is 202 g/mol. The number of aromatic amines is 1. The van der Waals surface area contributed by atoms with Crippen LogP contribution in [0.4, 0.5) is 0 Å². The van der Waals surface area contributed by atoms with Gasteiger partial charge in [0.1, 0.15) is 0 Å². The van der Waals surface area contributed by atoms with Gasteiger partial charge in [0.2, 0.25) is 5.91 Å². The van der Waals surface area contributed by atoms with Crippen molar-refractivity contribution in [3.05, 3.63) is 46.4 Å². The number of pyridine rings is 1. The van der Waals surface area contributed by atoms with Crippen molar-refractivity contribution in [2.75, 3.05) is 0 Å². The summed E-state index contributed by atoms with van der Waals surface area (Å²) in [6.07, 6.45) is 1.67. The summed E-state index contributed by atoms with van der Waals surface area (Å²) in [4.78, 5) is 25.0. The Labute approximate surface area is 85.7 Å². The minimum atomic E-state index is -0.439. The summed E-state index contributed by atoms with van der Waals surface area (Å²) in [6, 6.07) is 7.17. The van der Waals surface area contributed by atoms with E-state index in [1.807, 2.05) is 6.07 Å². The Morgan fingerprint density at radius 1 is 1.33 bits per heavy atom. The van der Waals surface area contributed by atoms with E-state index in [9.17, 15) is 9.59 Å². The lowest BCUT2D eigenvalue weighted by molar-refractivity contribution is -0.117. The van der Waals surface area contributed by atoms with Crippen molar-refractivity contribution < 1.29 is 4.79 Å². The van der Waals surface area contributed by atoms with E-state index in [-0.39, 0.29) is 12.0 Å². The van der Waals surface area contributed by atoms with Crippen LogP contribution in [0.25, 0.3) is 10.8 Å². The number of rotatable bonds is 2. The first-order valence-corrected chi connectivity index (χ1v) is 4.56. The van der Waals surface area contributed by atoms with Gasteiger partial charge in [0.05, 0.1) is 11.8 Å². The van der Waals surface area contributed by atoms with E-state index in [2.05, 4.69) is 4.98 Å². The Morgan fingerprint density at radius 3 is 2.87 bits per heavy atom. The number of aromatic nitrogens is 1. The Bertz CT molecular complexity index is 567. The Hall–Kier alpha value is -2.10. The molecular formula is C11H10N2O2. The van der Waals surface area contributed by atoms with E-state index in [1.54, 1.807) is 24.4 Å². The van der Waals surface area contributed by atoms with Crippen LogP contribution in [0.15, 0.2) is 35.3 Å². The van der Waals surface area contributed by atoms with Crippen molar-refractivity contribution in [2.24, 2.45) is 5.73 Å². The van der Waals surface area contributed by atoms with Crippen molar-refractivity contribution in [3.8, 4) is 0 Å². The van der Waals surface area contributed by atoms with E-state index in [4.69, 9.17) is 5.73 Å². The summed E-state index contributed by atoms with van der Waals surface area (Å²) in [5, 5.41) is 1.36. The Kier molecular flexibility index (Phi) is 2.25. The number of primary amides is 1. The predicted molar refractivity (Wildman–Crippen MR) is 57.5 cm³/mol. The number of hydrogen-bond acceptors (Lipinski definition) is 2. The first kappa shape index (κ1) is 9.45. The summed E-state index contributed by atoms with van der Waals surface area (Å²) in [5.41, 5.74) is 5.59. The zero-order valence-electron chi connectivity index (χ0n) is 7.99. The maximum Gasteiger partial charge on any atom is 0.256 e. The predicted octanol–water partition coefficient (Wildman–Crippen LogP) is 0.556. The molecule has 3 N–H and O–H groups in total. The third-order valence-electron chi connectivity index (χ3n) is 2.25. The number of nitrogens with two attached hydrogens (primary N) is 1. The van der Waals surface area contributed by atoms with Crippen LogP contribution >= 0.6 is 0 Å². The summed E-state index contributed by atoms with van der Waals surface area (Å²) < 4.78 is 0. The number of amides is 1. The smallest absolute Gasteiger partial charge is 0.256 e. The monoisotopic (exact) mass is 202 g/mol. The first-order valence-electron chi connectivity index (χ1n) is 4.56. The van der Waals surface area contributed by atoms with Gasteiger partial charge in [-0.2, -0.15) is 0 Å². The number of benzene rings is 1. The molecule has 0 saturated carbocycles. The number of hydrogen-bond donors (Lipinski definition) is 2. The molecule has 0 spiro atoms. The zero-order valence-corrected chi connectivity index (χ0v) is 7.99. The molecule has 1 heterocycles. The van der Waals surface area contributed by atoms with Gasteiger partial charge in [-0.3, -0.25) is 9.59 Å². The first-order chi connectivity index (χ1) is 7.18. The van der Waals surface area contributed by atoms with Crippen LogP contribution in [-0.2, 0) is 11.2 Å². The molecule has 0 radical (unpaired) electrons. The Balaban J connectivity index is 2.74. The molecule has 1 amide bonds. The highest BCUT2D eigenvalue weighted by atomic mass is 16.1. The fraction of sp³-hybridized carbons (Fsp3) is 0.0909. The molecule has 1 aromatic heterocycles. The van der Waals surface area contributed by atoms with E-state index >= 15 is 0 Å². The van der Waals surface area contributed by atoms with Gasteiger partial charge >= 0.3 is 0 Å². The molecule has 0 aliphatic rings. The molecule has 15 heavy (non-hydrogen) atoms. The van der Waals surface area contributed by atoms with Crippen LogP contribution in [0.5, 0.6) is 0 Å². The third kappa shape index (κ3) is 1.74. The molecule has 0 aliphatic heterocycles. The molecule has 2 aromatic rings. The maximum atomic E-state index is 11.6. The van der Waals surface area contributed by atoms with Crippen LogP contribution in [0.3, 0.4) is 0 Å². The second-order valence-corrected chi connectivity index (χ2v) is 3.33. The zero-order chi connectivity index (χ0) is 10.8. The van der Waals surface area contributed by atoms with Gasteiger partial charge in [-0.05, 0) is 17.0 Å². The number of H-pyrrole nitrogens is 1. The average Bonchev–Trinajstić information content (AvgIpc) is 2.17. The SMILES string of the molecule is NC(=O)Cc1cccc2cc[nH]c(=O)c12. The van der Waals surface area contributed by atoms with Crippen LogP contribution < -0.4 is 11.3 Å². The normalized spacial score (nSPS) is 10.4. The summed E-state index contributed by atoms with van der Waals surface area (Å²) in [5.74, 6) is -0.439. The van der Waals surface area contributed by atoms with Crippen molar-refractivity contribution in [1.82, 2.24) is 4.98 Å². The summed E-state index contributed by atoms with van der Waals surface area (Å²) in [7, 11) is 0. The number of nitrogens with one attached hydrogen (secondary N) is 1. The number of fused-ring (bicyclic) bond motifs is 1. The van der Waals surface area contributed by atoms with Gasteiger partial charge in [-0.15, -0.1) is 0 Å². The topological polar surface area (TPSA) is 76.0 Å². The quantitative estimate of drug-likeness (QED) is 0.746. The van der Waals surface area contributed by atoms with Gasteiger partial charge < -0.3 is 10.7 Å². The van der Waals surface area contributed by atoms with Crippen molar-refractivity contribution in [3.63, 3.8) is 0 Å². The molecule has 0 unspecified atom stereocenters. The molecule has 76 valence electrons. The van der Waals surface area contributed by atoms with E-state index < -0.39 is 5.91 Å². The van der Waals surface area contributed by atoms with Crippen LogP contribution in [0, 0.1) is 0 Å². The largest absolute Gasteiger partial charge is 0.369 e. The van der Waals surface area contributed by atoms with Crippen LogP contribution in [0.2, 0.25) is 0 Å². The Morgan fingerprint density at radius 2 is 2.13 bits per heavy atom. The molecule has 2 rings (SSSR count). The fourth-order valence-corrected chi connectivity index (χ4v) is 1.65. The van der Waals surface area contributed by atoms with Crippen LogP contribution in [-0.4, -0.2) is 10.9 Å². The lowest BCUT2D eigenvalue weighted by atomic mass is 10.0. The molecule has 0 fully saturated rings. The highest BCUT2D eigenvalue weighted by molar-refractivity contribution is 5.88. The van der Waals surface area contributed by atoms with Crippen molar-refractivity contribution in [1.29, 1.82) is 0 Å². The highest BCUT2D eigenvalue weighted by Gasteiger charge is 2.06. The van der Waals surface area contributed by atoms with Gasteiger partial charge in [-0.1, -0.05) is 18.2 Å². The summed E-state index contributed by atoms with van der Waals surface area (Å²) in [6.45, 7) is 0. The van der Waals surface area contributed by atoms with Gasteiger partial charge in [0.15, 0.2) is 0 Å². The van der Waals surface area contributed by atoms with E-state index in [0.29, 0.717) is 10.9 Å². The number of carbonyl (C=O) groups is 1. The van der Waals surface area contributed by atoms with Gasteiger partial charge in [0, 0.05) is 6.20 Å². The van der Waals surface area contributed by atoms with Crippen molar-refractivity contribution >= 4 is 16.7 Å². The van der Waals surface area contributed by atoms with Crippen LogP contribution in [0.1, 0.15) is 5.56 Å². The standard InChI is InChI=1S/C11H10N2O2/c12-9(14)6-8-3-1-2-7-4-5-13-11(15)10(7)8/h1-5H,6H2,(H2,12,14)(H,13,15). The molecule has 4 heteroatoms. The lowest BCUT2D eigenvalue weighted by Gasteiger charge is -2.02. The van der Waals surface area contributed by atoms with Gasteiger partial charge in [0.25, 0.3) is 5.56 Å². The maximum absolute atomic E-state index is 11.6. The molecular weight excluding hydrogens is 192 g/mol. The minimum Gasteiger partial charge on any atom is -0.369 e. The summed E-state index contributed by atoms with van der Waals surface area (Å²) >= 11 is 0. The van der Waals surface area contributed by atoms with Gasteiger partial charge in [-0.25, -0.2) is 0 Å². The third-order valence-corrected chi connectivity index (χ3v) is 2.25. The highest BCUT2D eigenvalue weighted by Crippen LogP contribution is 2.14. The molecule has 1 aromatic carbocycles. The second-order valence-electron chi connectivity index (χ2n) is 3.33. The lowest BCUT2D eigenvalue weighted by Crippen LogP contribution is -2.16. The molecule has 0 saturated heterocycles. The molecule has 0 bridgehead atoms. The van der Waals surface area contributed by atoms with Crippen molar-refractivity contribution in [2.45, 2.75) is 6.42 Å². The molecule has 4 nitrogen and oxygen atoms in total. The second kappa shape index (κ2) is 3.57. The molecule has 0 atom stereocenters.